The molecule has 0 aliphatic heterocycles. The van der Waals surface area contributed by atoms with Crippen molar-refractivity contribution in [2.45, 2.75) is 106 Å². The van der Waals surface area contributed by atoms with Crippen LogP contribution in [0.3, 0.4) is 0 Å². The third-order valence-corrected chi connectivity index (χ3v) is 11.7. The van der Waals surface area contributed by atoms with Crippen LogP contribution < -0.4 is 0 Å². The summed E-state index contributed by atoms with van der Waals surface area (Å²) in [6.07, 6.45) is 7.52. The van der Waals surface area contributed by atoms with Crippen LogP contribution in [0.5, 0.6) is 0 Å². The maximum absolute atomic E-state index is 2.41. The van der Waals surface area contributed by atoms with E-state index in [1.165, 1.54) is 23.5 Å². The maximum atomic E-state index is 2.41. The number of rotatable bonds is 8. The topological polar surface area (TPSA) is 0 Å². The van der Waals surface area contributed by atoms with Gasteiger partial charge in [-0.2, -0.15) is 0 Å². The second-order valence-corrected chi connectivity index (χ2v) is 16.5. The molecular weight excluding hydrogens is 433 g/mol. The first-order valence-electron chi connectivity index (χ1n) is 9.87. The van der Waals surface area contributed by atoms with Crippen LogP contribution in [0.2, 0.25) is 0 Å². The predicted molar refractivity (Wildman–Crippen MR) is 126 cm³/mol. The Morgan fingerprint density at radius 3 is 0.880 bits per heavy atom. The van der Waals surface area contributed by atoms with E-state index in [0.29, 0.717) is 0 Å². The number of allylic oxidation sites excluding steroid dienone is 4. The average molecular weight is 481 g/mol. The van der Waals surface area contributed by atoms with E-state index >= 15 is 0 Å². The number of hydrogen-bond acceptors (Lipinski definition) is 0. The zero-order chi connectivity index (χ0) is 19.4. The van der Waals surface area contributed by atoms with Crippen molar-refractivity contribution in [3.8, 4) is 0 Å². The summed E-state index contributed by atoms with van der Waals surface area (Å²) in [4.78, 5) is 0. The summed E-state index contributed by atoms with van der Waals surface area (Å²) >= 11 is 0. The Hall–Kier alpha value is 1.00. The summed E-state index contributed by atoms with van der Waals surface area (Å²) in [6.45, 7) is 27.7. The van der Waals surface area contributed by atoms with E-state index in [0.717, 1.165) is 22.6 Å². The van der Waals surface area contributed by atoms with Crippen molar-refractivity contribution in [2.24, 2.45) is 0 Å². The fourth-order valence-electron chi connectivity index (χ4n) is 2.92. The van der Waals surface area contributed by atoms with E-state index in [1.807, 2.05) is 0 Å². The predicted octanol–water partition coefficient (Wildman–Crippen LogP) is 7.96. The van der Waals surface area contributed by atoms with E-state index in [9.17, 15) is 0 Å². The molecule has 0 rings (SSSR count). The summed E-state index contributed by atoms with van der Waals surface area (Å²) in [6, 6.07) is 0. The van der Waals surface area contributed by atoms with Gasteiger partial charge in [0.15, 0.2) is 0 Å². The smallest absolute Gasteiger partial charge is 0.0758 e. The molecule has 3 heteroatoms. The minimum absolute atomic E-state index is 0. The van der Waals surface area contributed by atoms with Gasteiger partial charge in [0.1, 0.15) is 0 Å². The molecule has 0 aromatic rings. The molecule has 0 fully saturated rings. The summed E-state index contributed by atoms with van der Waals surface area (Å²) in [7, 11) is -0.300. The van der Waals surface area contributed by atoms with Crippen LogP contribution in [-0.2, 0) is 20.4 Å². The van der Waals surface area contributed by atoms with Crippen LogP contribution in [0.4, 0.5) is 0 Å². The molecule has 0 amide bonds. The van der Waals surface area contributed by atoms with E-state index in [2.05, 4.69) is 95.2 Å². The van der Waals surface area contributed by atoms with Crippen LogP contribution in [0.1, 0.15) is 83.1 Å². The van der Waals surface area contributed by atoms with Gasteiger partial charge < -0.3 is 0 Å². The van der Waals surface area contributed by atoms with E-state index in [-0.39, 0.29) is 36.3 Å². The molecule has 0 saturated carbocycles. The minimum atomic E-state index is -0.150. The van der Waals surface area contributed by atoms with Crippen LogP contribution >= 0.6 is 15.8 Å². The molecule has 0 saturated heterocycles. The molecule has 0 radical (unpaired) electrons. The second kappa shape index (κ2) is 17.1. The maximum Gasteiger partial charge on any atom is 0.0758 e. The molecule has 0 heterocycles. The zero-order valence-electron chi connectivity index (χ0n) is 19.2. The second-order valence-electron chi connectivity index (χ2n) is 8.74. The summed E-state index contributed by atoms with van der Waals surface area (Å²) in [5.41, 5.74) is 6.57. The van der Waals surface area contributed by atoms with E-state index < -0.39 is 0 Å². The monoisotopic (exact) mass is 480 g/mol. The molecule has 0 spiro atoms. The first kappa shape index (κ1) is 30.7. The van der Waals surface area contributed by atoms with Gasteiger partial charge in [-0.15, -0.1) is 0 Å². The standard InChI is InChI=1S/2C11H23P.Pd/c2*1-9(2)7-8-12(10(3)4)11(5)6;/h2*7,10-11H,8H2,1-6H3;/p+2. The molecule has 0 atom stereocenters. The van der Waals surface area contributed by atoms with Gasteiger partial charge in [0.25, 0.3) is 0 Å². The van der Waals surface area contributed by atoms with Gasteiger partial charge >= 0.3 is 0 Å². The summed E-state index contributed by atoms with van der Waals surface area (Å²) < 4.78 is 0. The first-order valence-corrected chi connectivity index (χ1v) is 13.6. The molecule has 0 bridgehead atoms. The van der Waals surface area contributed by atoms with Gasteiger partial charge in [-0.05, 0) is 95.2 Å². The van der Waals surface area contributed by atoms with Gasteiger partial charge in [-0.3, -0.25) is 0 Å². The fourth-order valence-corrected chi connectivity index (χ4v) is 8.76. The van der Waals surface area contributed by atoms with Crippen molar-refractivity contribution in [1.82, 2.24) is 0 Å². The molecule has 0 aromatic heterocycles. The van der Waals surface area contributed by atoms with Crippen LogP contribution in [0, 0.1) is 0 Å². The Balaban J connectivity index is -0.000000372. The Morgan fingerprint density at radius 1 is 0.560 bits per heavy atom. The SMILES string of the molecule is CC(C)=CC[PH+](C(C)C)C(C)C.CC(C)=CC[PH+](C(C)C)C(C)C.[Pd]. The van der Waals surface area contributed by atoms with Gasteiger partial charge in [-0.25, -0.2) is 0 Å². The number of hydrogen-bond donors (Lipinski definition) is 0. The Labute approximate surface area is 177 Å². The molecule has 0 unspecified atom stereocenters. The average Bonchev–Trinajstić information content (AvgIpc) is 2.37. The van der Waals surface area contributed by atoms with Crippen LogP contribution in [0.25, 0.3) is 0 Å². The summed E-state index contributed by atoms with van der Waals surface area (Å²) in [5.74, 6) is 0. The van der Waals surface area contributed by atoms with Crippen molar-refractivity contribution in [1.29, 1.82) is 0 Å². The third kappa shape index (κ3) is 18.1. The molecule has 154 valence electrons. The van der Waals surface area contributed by atoms with Gasteiger partial charge in [0.2, 0.25) is 0 Å². The van der Waals surface area contributed by atoms with Crippen molar-refractivity contribution in [3.05, 3.63) is 23.3 Å². The third-order valence-electron chi connectivity index (χ3n) is 4.46. The molecule has 0 N–H and O–H groups in total. The zero-order valence-corrected chi connectivity index (χ0v) is 22.7. The molecule has 0 aliphatic carbocycles. The molecular formula is C22H48P2Pd+2. The molecule has 0 aliphatic rings. The van der Waals surface area contributed by atoms with Crippen molar-refractivity contribution in [3.63, 3.8) is 0 Å². The van der Waals surface area contributed by atoms with E-state index in [4.69, 9.17) is 0 Å². The first-order chi connectivity index (χ1) is 10.9. The Kier molecular flexibility index (Phi) is 21.0. The van der Waals surface area contributed by atoms with Gasteiger partial charge in [0, 0.05) is 36.3 Å². The van der Waals surface area contributed by atoms with Gasteiger partial charge in [-0.1, -0.05) is 11.1 Å². The van der Waals surface area contributed by atoms with Crippen molar-refractivity contribution < 1.29 is 20.4 Å². The molecule has 0 aromatic carbocycles. The largest absolute Gasteiger partial charge is 0.0769 e. The quantitative estimate of drug-likeness (QED) is 0.188. The molecule has 25 heavy (non-hydrogen) atoms. The Morgan fingerprint density at radius 2 is 0.760 bits per heavy atom. The van der Waals surface area contributed by atoms with E-state index in [1.54, 1.807) is 0 Å². The van der Waals surface area contributed by atoms with Crippen molar-refractivity contribution >= 4 is 15.8 Å². The van der Waals surface area contributed by atoms with Crippen LogP contribution in [-0.4, -0.2) is 35.0 Å². The minimum Gasteiger partial charge on any atom is -0.0769 e. The fraction of sp³-hybridized carbons (Fsp3) is 0.818. The van der Waals surface area contributed by atoms with Crippen molar-refractivity contribution in [2.75, 3.05) is 12.3 Å². The Bertz CT molecular complexity index is 308. The van der Waals surface area contributed by atoms with Gasteiger partial charge in [0.05, 0.1) is 35.0 Å². The summed E-state index contributed by atoms with van der Waals surface area (Å²) in [5, 5.41) is 0. The van der Waals surface area contributed by atoms with Crippen LogP contribution in [0.15, 0.2) is 23.3 Å². The molecule has 0 nitrogen and oxygen atoms in total. The normalized spacial score (nSPS) is 11.0.